The lowest BCUT2D eigenvalue weighted by molar-refractivity contribution is 0.462. The molecule has 6 heteroatoms. The average molecular weight is 299 g/mol. The van der Waals surface area contributed by atoms with E-state index in [4.69, 9.17) is 10.5 Å². The van der Waals surface area contributed by atoms with Crippen molar-refractivity contribution >= 4 is 11.5 Å². The molecule has 0 unspecified atom stereocenters. The molecule has 3 N–H and O–H groups in total. The van der Waals surface area contributed by atoms with Crippen LogP contribution in [0, 0.1) is 0 Å². The quantitative estimate of drug-likeness (QED) is 0.842. The number of anilines is 2. The molecule has 22 heavy (non-hydrogen) atoms. The van der Waals surface area contributed by atoms with Crippen molar-refractivity contribution < 1.29 is 4.74 Å². The fraction of sp³-hybridized carbons (Fsp3) is 0.438. The van der Waals surface area contributed by atoms with E-state index in [0.29, 0.717) is 29.2 Å². The molecule has 0 aromatic carbocycles. The molecule has 2 heterocycles. The van der Waals surface area contributed by atoms with Crippen LogP contribution >= 0.6 is 0 Å². The van der Waals surface area contributed by atoms with E-state index >= 15 is 0 Å². The average Bonchev–Trinajstić information content (AvgIpc) is 2.81. The number of nitrogens with zero attached hydrogens (tertiary/aromatic N) is 3. The second kappa shape index (κ2) is 7.06. The molecule has 0 spiro atoms. The number of nitrogens with two attached hydrogens (primary N) is 1. The molecular formula is C16H21N5O. The Balaban J connectivity index is 1.73. The van der Waals surface area contributed by atoms with Gasteiger partial charge in [0, 0.05) is 12.2 Å². The summed E-state index contributed by atoms with van der Waals surface area (Å²) in [4.78, 5) is 12.4. The van der Waals surface area contributed by atoms with Crippen LogP contribution in [0.4, 0.5) is 11.5 Å². The van der Waals surface area contributed by atoms with Gasteiger partial charge in [0.15, 0.2) is 5.82 Å². The highest BCUT2D eigenvalue weighted by Crippen LogP contribution is 2.30. The van der Waals surface area contributed by atoms with Gasteiger partial charge in [0.2, 0.25) is 5.88 Å². The van der Waals surface area contributed by atoms with Crippen molar-refractivity contribution in [3.8, 4) is 11.6 Å². The Bertz CT molecular complexity index is 597. The molecule has 0 radical (unpaired) electrons. The second-order valence-corrected chi connectivity index (χ2v) is 5.56. The molecule has 0 aliphatic heterocycles. The van der Waals surface area contributed by atoms with E-state index in [1.165, 1.54) is 32.0 Å². The predicted octanol–water partition coefficient (Wildman–Crippen LogP) is 3.38. The first kappa shape index (κ1) is 14.6. The third-order valence-corrected chi connectivity index (χ3v) is 3.89. The van der Waals surface area contributed by atoms with Crippen LogP contribution in [0.15, 0.2) is 30.9 Å². The Morgan fingerprint density at radius 1 is 1.14 bits per heavy atom. The summed E-state index contributed by atoms with van der Waals surface area (Å²) in [6, 6.07) is 4.04. The maximum atomic E-state index is 6.15. The van der Waals surface area contributed by atoms with Gasteiger partial charge in [-0.1, -0.05) is 25.7 Å². The Hall–Kier alpha value is -2.37. The molecule has 0 saturated heterocycles. The first-order chi connectivity index (χ1) is 10.8. The van der Waals surface area contributed by atoms with Gasteiger partial charge in [-0.05, 0) is 25.0 Å². The molecule has 0 amide bonds. The third kappa shape index (κ3) is 3.63. The van der Waals surface area contributed by atoms with E-state index in [0.717, 1.165) is 12.8 Å². The summed E-state index contributed by atoms with van der Waals surface area (Å²) < 4.78 is 5.69. The van der Waals surface area contributed by atoms with E-state index in [2.05, 4.69) is 20.3 Å². The predicted molar refractivity (Wildman–Crippen MR) is 85.9 cm³/mol. The highest BCUT2D eigenvalue weighted by molar-refractivity contribution is 5.67. The second-order valence-electron chi connectivity index (χ2n) is 5.56. The summed E-state index contributed by atoms with van der Waals surface area (Å²) in [6.45, 7) is 0. The number of hydrogen-bond acceptors (Lipinski definition) is 6. The zero-order valence-electron chi connectivity index (χ0n) is 12.5. The van der Waals surface area contributed by atoms with Gasteiger partial charge < -0.3 is 15.8 Å². The SMILES string of the molecule is Nc1c(NC2CCCCCC2)ncnc1Oc1cccnc1. The fourth-order valence-corrected chi connectivity index (χ4v) is 2.71. The van der Waals surface area contributed by atoms with Gasteiger partial charge in [-0.3, -0.25) is 4.98 Å². The minimum atomic E-state index is 0.360. The number of aromatic nitrogens is 3. The minimum absolute atomic E-state index is 0.360. The highest BCUT2D eigenvalue weighted by atomic mass is 16.5. The minimum Gasteiger partial charge on any atom is -0.435 e. The lowest BCUT2D eigenvalue weighted by Gasteiger charge is -2.18. The molecule has 3 rings (SSSR count). The van der Waals surface area contributed by atoms with Crippen molar-refractivity contribution in [2.24, 2.45) is 0 Å². The van der Waals surface area contributed by atoms with Crippen LogP contribution in [-0.4, -0.2) is 21.0 Å². The first-order valence-corrected chi connectivity index (χ1v) is 7.78. The van der Waals surface area contributed by atoms with Crippen molar-refractivity contribution in [1.82, 2.24) is 15.0 Å². The Morgan fingerprint density at radius 3 is 2.68 bits per heavy atom. The van der Waals surface area contributed by atoms with Gasteiger partial charge in [-0.2, -0.15) is 4.98 Å². The smallest absolute Gasteiger partial charge is 0.248 e. The van der Waals surface area contributed by atoms with Gasteiger partial charge in [-0.15, -0.1) is 0 Å². The van der Waals surface area contributed by atoms with Crippen molar-refractivity contribution in [3.63, 3.8) is 0 Å². The Morgan fingerprint density at radius 2 is 1.95 bits per heavy atom. The van der Waals surface area contributed by atoms with Gasteiger partial charge in [0.25, 0.3) is 0 Å². The summed E-state index contributed by atoms with van der Waals surface area (Å²) in [5.41, 5.74) is 6.59. The molecule has 1 aliphatic rings. The zero-order chi connectivity index (χ0) is 15.2. The normalized spacial score (nSPS) is 16.0. The number of ether oxygens (including phenoxy) is 1. The number of rotatable bonds is 4. The van der Waals surface area contributed by atoms with Crippen LogP contribution in [0.2, 0.25) is 0 Å². The number of nitrogen functional groups attached to an aromatic ring is 1. The van der Waals surface area contributed by atoms with Crippen molar-refractivity contribution in [2.75, 3.05) is 11.1 Å². The van der Waals surface area contributed by atoms with Crippen LogP contribution in [0.5, 0.6) is 11.6 Å². The molecule has 1 aliphatic carbocycles. The van der Waals surface area contributed by atoms with Crippen LogP contribution < -0.4 is 15.8 Å². The van der Waals surface area contributed by atoms with Crippen LogP contribution in [0.1, 0.15) is 38.5 Å². The standard InChI is InChI=1S/C16H21N5O/c17-14-15(21-12-6-3-1-2-4-7-12)19-11-20-16(14)22-13-8-5-9-18-10-13/h5,8-12H,1-4,6-7,17H2,(H,19,20,21). The lowest BCUT2D eigenvalue weighted by atomic mass is 10.1. The van der Waals surface area contributed by atoms with Gasteiger partial charge in [0.1, 0.15) is 17.8 Å². The van der Waals surface area contributed by atoms with Gasteiger partial charge in [-0.25, -0.2) is 4.98 Å². The third-order valence-electron chi connectivity index (χ3n) is 3.89. The maximum Gasteiger partial charge on any atom is 0.248 e. The summed E-state index contributed by atoms with van der Waals surface area (Å²) in [6.07, 6.45) is 12.2. The molecule has 116 valence electrons. The zero-order valence-corrected chi connectivity index (χ0v) is 12.5. The number of nitrogens with one attached hydrogen (secondary N) is 1. The van der Waals surface area contributed by atoms with E-state index in [1.54, 1.807) is 18.5 Å². The summed E-state index contributed by atoms with van der Waals surface area (Å²) in [5, 5.41) is 3.44. The Kier molecular flexibility index (Phi) is 4.68. The summed E-state index contributed by atoms with van der Waals surface area (Å²) >= 11 is 0. The highest BCUT2D eigenvalue weighted by Gasteiger charge is 2.16. The molecule has 2 aromatic heterocycles. The molecular weight excluding hydrogens is 278 g/mol. The van der Waals surface area contributed by atoms with E-state index in [-0.39, 0.29) is 0 Å². The van der Waals surface area contributed by atoms with E-state index < -0.39 is 0 Å². The lowest BCUT2D eigenvalue weighted by Crippen LogP contribution is -2.20. The van der Waals surface area contributed by atoms with Crippen LogP contribution in [0.25, 0.3) is 0 Å². The van der Waals surface area contributed by atoms with Crippen molar-refractivity contribution in [3.05, 3.63) is 30.9 Å². The molecule has 1 fully saturated rings. The van der Waals surface area contributed by atoms with Crippen LogP contribution in [-0.2, 0) is 0 Å². The van der Waals surface area contributed by atoms with Crippen LogP contribution in [0.3, 0.4) is 0 Å². The van der Waals surface area contributed by atoms with E-state index in [9.17, 15) is 0 Å². The first-order valence-electron chi connectivity index (χ1n) is 7.78. The fourth-order valence-electron chi connectivity index (χ4n) is 2.71. The molecule has 1 saturated carbocycles. The van der Waals surface area contributed by atoms with Crippen molar-refractivity contribution in [2.45, 2.75) is 44.6 Å². The van der Waals surface area contributed by atoms with Gasteiger partial charge in [0.05, 0.1) is 6.20 Å². The summed E-state index contributed by atoms with van der Waals surface area (Å²) in [7, 11) is 0. The monoisotopic (exact) mass is 299 g/mol. The van der Waals surface area contributed by atoms with E-state index in [1.807, 2.05) is 6.07 Å². The Labute approximate surface area is 130 Å². The largest absolute Gasteiger partial charge is 0.435 e. The van der Waals surface area contributed by atoms with Gasteiger partial charge >= 0.3 is 0 Å². The molecule has 2 aromatic rings. The molecule has 6 nitrogen and oxygen atoms in total. The topological polar surface area (TPSA) is 86.0 Å². The maximum absolute atomic E-state index is 6.15. The number of hydrogen-bond donors (Lipinski definition) is 2. The van der Waals surface area contributed by atoms with Crippen molar-refractivity contribution in [1.29, 1.82) is 0 Å². The molecule has 0 bridgehead atoms. The number of pyridine rings is 1. The molecule has 0 atom stereocenters. The summed E-state index contributed by atoms with van der Waals surface area (Å²) in [5.74, 6) is 1.62.